The molecular weight excluding hydrogens is 475 g/mol. The summed E-state index contributed by atoms with van der Waals surface area (Å²) in [4.78, 5) is -1.31. The van der Waals surface area contributed by atoms with E-state index in [2.05, 4.69) is 0 Å². The second kappa shape index (κ2) is 6.43. The first-order chi connectivity index (χ1) is 10.9. The van der Waals surface area contributed by atoms with Crippen molar-refractivity contribution in [3.8, 4) is 0 Å². The lowest BCUT2D eigenvalue weighted by atomic mass is 10.2. The minimum Gasteiger partial charge on any atom is -0.277 e. The third kappa shape index (κ3) is 3.77. The van der Waals surface area contributed by atoms with Gasteiger partial charge >= 0.3 is 6.18 Å². The monoisotopic (exact) mass is 481 g/mol. The van der Waals surface area contributed by atoms with Gasteiger partial charge in [-0.1, -0.05) is 0 Å². The van der Waals surface area contributed by atoms with Crippen molar-refractivity contribution in [3.63, 3.8) is 0 Å². The number of sulfonamides is 1. The topological polar surface area (TPSA) is 46.2 Å². The second-order valence-electron chi connectivity index (χ2n) is 4.47. The van der Waals surface area contributed by atoms with Gasteiger partial charge in [-0.2, -0.15) is 13.2 Å². The van der Waals surface area contributed by atoms with Crippen molar-refractivity contribution < 1.29 is 34.8 Å². The van der Waals surface area contributed by atoms with Crippen LogP contribution in [0.15, 0.2) is 35.2 Å². The molecule has 24 heavy (non-hydrogen) atoms. The Balaban J connectivity index is 2.51. The Labute approximate surface area is 145 Å². The molecule has 1 N–H and O–H groups in total. The molecule has 0 saturated carbocycles. The van der Waals surface area contributed by atoms with Gasteiger partial charge in [0.1, 0.15) is 16.5 Å². The molecule has 0 saturated heterocycles. The van der Waals surface area contributed by atoms with E-state index in [4.69, 9.17) is 0 Å². The lowest BCUT2D eigenvalue weighted by Crippen LogP contribution is -2.17. The number of benzene rings is 2. The molecule has 0 bridgehead atoms. The molecule has 0 aromatic heterocycles. The summed E-state index contributed by atoms with van der Waals surface area (Å²) >= 11 is 1.28. The van der Waals surface area contributed by atoms with E-state index in [-0.39, 0.29) is 6.07 Å². The van der Waals surface area contributed by atoms with Gasteiger partial charge in [-0.15, -0.1) is 0 Å². The Morgan fingerprint density at radius 2 is 1.54 bits per heavy atom. The lowest BCUT2D eigenvalue weighted by molar-refractivity contribution is -0.137. The molecule has 0 amide bonds. The number of halogens is 7. The standard InChI is InChI=1S/C13H6F6INO2S/c14-7-2-1-6(13(17,18)19)5-10(7)24(22,23)21-9-4-3-8(15)12(20)11(9)16/h1-5,21H. The first kappa shape index (κ1) is 18.8. The quantitative estimate of drug-likeness (QED) is 0.398. The third-order valence-corrected chi connectivity index (χ3v) is 5.20. The Hall–Kier alpha value is -1.50. The molecule has 0 heterocycles. The second-order valence-corrected chi connectivity index (χ2v) is 7.20. The molecule has 0 fully saturated rings. The number of anilines is 1. The molecule has 0 atom stereocenters. The molecule has 0 spiro atoms. The molecule has 130 valence electrons. The van der Waals surface area contributed by atoms with E-state index in [1.54, 1.807) is 4.72 Å². The lowest BCUT2D eigenvalue weighted by Gasteiger charge is -2.13. The van der Waals surface area contributed by atoms with Crippen LogP contribution in [0.1, 0.15) is 5.56 Å². The van der Waals surface area contributed by atoms with Gasteiger partial charge in [-0.05, 0) is 52.9 Å². The maximum atomic E-state index is 13.8. The van der Waals surface area contributed by atoms with E-state index in [9.17, 15) is 34.8 Å². The van der Waals surface area contributed by atoms with Crippen LogP contribution in [0.25, 0.3) is 0 Å². The molecule has 0 radical (unpaired) electrons. The zero-order valence-electron chi connectivity index (χ0n) is 11.3. The van der Waals surface area contributed by atoms with Crippen LogP contribution in [-0.4, -0.2) is 8.42 Å². The normalized spacial score (nSPS) is 12.3. The first-order valence-corrected chi connectivity index (χ1v) is 8.53. The summed E-state index contributed by atoms with van der Waals surface area (Å²) in [5.74, 6) is -3.68. The van der Waals surface area contributed by atoms with Crippen LogP contribution in [0, 0.1) is 21.0 Å². The highest BCUT2D eigenvalue weighted by Crippen LogP contribution is 2.32. The highest BCUT2D eigenvalue weighted by Gasteiger charge is 2.33. The van der Waals surface area contributed by atoms with E-state index in [1.165, 1.54) is 22.6 Å². The molecule has 2 aromatic carbocycles. The van der Waals surface area contributed by atoms with Crippen LogP contribution in [0.4, 0.5) is 32.0 Å². The number of alkyl halides is 3. The first-order valence-electron chi connectivity index (χ1n) is 5.96. The molecule has 2 aromatic rings. The third-order valence-electron chi connectivity index (χ3n) is 2.83. The predicted octanol–water partition coefficient (Wildman–Crippen LogP) is 4.53. The molecule has 3 nitrogen and oxygen atoms in total. The van der Waals surface area contributed by atoms with Crippen molar-refractivity contribution in [1.82, 2.24) is 0 Å². The molecule has 2 rings (SSSR count). The van der Waals surface area contributed by atoms with Crippen LogP contribution >= 0.6 is 22.6 Å². The summed E-state index contributed by atoms with van der Waals surface area (Å²) in [6.07, 6.45) is -4.89. The van der Waals surface area contributed by atoms with Gasteiger partial charge in [0.25, 0.3) is 10.0 Å². The molecule has 0 aliphatic carbocycles. The number of hydrogen-bond acceptors (Lipinski definition) is 2. The maximum absolute atomic E-state index is 13.8. The van der Waals surface area contributed by atoms with Gasteiger partial charge in [0.05, 0.1) is 14.8 Å². The molecule has 0 aliphatic rings. The Kier molecular flexibility index (Phi) is 5.04. The zero-order chi connectivity index (χ0) is 18.3. The van der Waals surface area contributed by atoms with E-state index in [0.717, 1.165) is 12.1 Å². The van der Waals surface area contributed by atoms with E-state index in [1.807, 2.05) is 0 Å². The summed E-state index contributed by atoms with van der Waals surface area (Å²) in [5, 5.41) is 0. The Morgan fingerprint density at radius 3 is 2.12 bits per heavy atom. The average Bonchev–Trinajstić information content (AvgIpc) is 2.47. The predicted molar refractivity (Wildman–Crippen MR) is 81.3 cm³/mol. The van der Waals surface area contributed by atoms with Crippen molar-refractivity contribution in [3.05, 3.63) is 56.9 Å². The minimum atomic E-state index is -4.89. The molecule has 0 aliphatic heterocycles. The van der Waals surface area contributed by atoms with Crippen molar-refractivity contribution in [2.45, 2.75) is 11.1 Å². The number of nitrogens with one attached hydrogen (secondary N) is 1. The fourth-order valence-electron chi connectivity index (χ4n) is 1.69. The van der Waals surface area contributed by atoms with Crippen LogP contribution in [-0.2, 0) is 16.2 Å². The van der Waals surface area contributed by atoms with E-state index < -0.39 is 53.4 Å². The van der Waals surface area contributed by atoms with Crippen molar-refractivity contribution in [1.29, 1.82) is 0 Å². The smallest absolute Gasteiger partial charge is 0.277 e. The molecule has 11 heteroatoms. The average molecular weight is 481 g/mol. The van der Waals surface area contributed by atoms with Crippen LogP contribution in [0.3, 0.4) is 0 Å². The SMILES string of the molecule is O=S(=O)(Nc1ccc(F)c(I)c1F)c1cc(C(F)(F)F)ccc1F. The number of hydrogen-bond donors (Lipinski definition) is 1. The fourth-order valence-corrected chi connectivity index (χ4v) is 3.32. The summed E-state index contributed by atoms with van der Waals surface area (Å²) < 4.78 is 104. The van der Waals surface area contributed by atoms with Gasteiger partial charge in [0.2, 0.25) is 0 Å². The van der Waals surface area contributed by atoms with E-state index >= 15 is 0 Å². The van der Waals surface area contributed by atoms with Crippen molar-refractivity contribution in [2.24, 2.45) is 0 Å². The molecule has 0 unspecified atom stereocenters. The zero-order valence-corrected chi connectivity index (χ0v) is 14.2. The number of rotatable bonds is 3. The summed E-state index contributed by atoms with van der Waals surface area (Å²) in [5.41, 5.74) is -2.11. The van der Waals surface area contributed by atoms with Crippen molar-refractivity contribution in [2.75, 3.05) is 4.72 Å². The maximum Gasteiger partial charge on any atom is 0.416 e. The highest BCUT2D eigenvalue weighted by atomic mass is 127. The van der Waals surface area contributed by atoms with Crippen LogP contribution in [0.5, 0.6) is 0 Å². The van der Waals surface area contributed by atoms with Crippen LogP contribution in [0.2, 0.25) is 0 Å². The Bertz CT molecular complexity index is 898. The van der Waals surface area contributed by atoms with Gasteiger partial charge in [0.15, 0.2) is 5.82 Å². The summed E-state index contributed by atoms with van der Waals surface area (Å²) in [7, 11) is -4.87. The van der Waals surface area contributed by atoms with Gasteiger partial charge in [-0.3, -0.25) is 4.72 Å². The van der Waals surface area contributed by atoms with Crippen LogP contribution < -0.4 is 4.72 Å². The fraction of sp³-hybridized carbons (Fsp3) is 0.0769. The summed E-state index contributed by atoms with van der Waals surface area (Å²) in [6.45, 7) is 0. The molecular formula is C13H6F6INO2S. The highest BCUT2D eigenvalue weighted by molar-refractivity contribution is 14.1. The Morgan fingerprint density at radius 1 is 0.958 bits per heavy atom. The van der Waals surface area contributed by atoms with Gasteiger partial charge in [-0.25, -0.2) is 21.6 Å². The van der Waals surface area contributed by atoms with E-state index in [0.29, 0.717) is 12.1 Å². The van der Waals surface area contributed by atoms with Crippen molar-refractivity contribution >= 4 is 38.3 Å². The van der Waals surface area contributed by atoms with Gasteiger partial charge in [0, 0.05) is 0 Å². The largest absolute Gasteiger partial charge is 0.416 e. The van der Waals surface area contributed by atoms with Gasteiger partial charge < -0.3 is 0 Å². The summed E-state index contributed by atoms with van der Waals surface area (Å²) in [6, 6.07) is 2.28. The minimum absolute atomic E-state index is 0.0874.